The molecule has 18 aliphatic carbocycles. The molecule has 0 spiro atoms. The highest BCUT2D eigenvalue weighted by Gasteiger charge is 2.46. The molecule has 68 heavy (non-hydrogen) atoms. The third-order valence-corrected chi connectivity index (χ3v) is 26.1. The Balaban J connectivity index is 0.0000000993. The first-order valence-corrected chi connectivity index (χ1v) is 33.0. The van der Waals surface area contributed by atoms with Gasteiger partial charge in [0.2, 0.25) is 0 Å². The maximum absolute atomic E-state index is 2.51. The van der Waals surface area contributed by atoms with E-state index >= 15 is 0 Å². The van der Waals surface area contributed by atoms with Gasteiger partial charge < -0.3 is 0 Å². The number of rotatable bonds is 0. The van der Waals surface area contributed by atoms with Crippen LogP contribution in [-0.2, 0) is 0 Å². The van der Waals surface area contributed by atoms with Gasteiger partial charge in [-0.3, -0.25) is 0 Å². The molecule has 0 aliphatic heterocycles. The molecule has 0 radical (unpaired) electrons. The average molecular weight is 938 g/mol. The molecule has 18 fully saturated rings. The lowest BCUT2D eigenvalue weighted by molar-refractivity contribution is -0.0282. The zero-order valence-corrected chi connectivity index (χ0v) is 47.1. The lowest BCUT2D eigenvalue weighted by Crippen LogP contribution is -2.43. The van der Waals surface area contributed by atoms with Gasteiger partial charge in [-0.05, 0) is 239 Å². The molecule has 0 amide bonds. The molecule has 16 bridgehead atoms. The summed E-state index contributed by atoms with van der Waals surface area (Å²) >= 11 is 0. The van der Waals surface area contributed by atoms with Crippen LogP contribution in [0.15, 0.2) is 0 Å². The van der Waals surface area contributed by atoms with E-state index in [1.807, 2.05) is 0 Å². The predicted octanol–water partition coefficient (Wildman–Crippen LogP) is 21.2. The molecule has 0 nitrogen and oxygen atoms in total. The molecule has 11 atom stereocenters. The predicted molar refractivity (Wildman–Crippen MR) is 295 cm³/mol. The molecule has 0 saturated heterocycles. The van der Waals surface area contributed by atoms with E-state index in [1.54, 1.807) is 154 Å². The van der Waals surface area contributed by atoms with Crippen molar-refractivity contribution in [2.75, 3.05) is 0 Å². The number of fused-ring (bicyclic) bond motifs is 16. The summed E-state index contributed by atoms with van der Waals surface area (Å²) in [4.78, 5) is 0. The lowest BCUT2D eigenvalue weighted by atomic mass is 9.52. The third-order valence-electron chi connectivity index (χ3n) is 26.1. The maximum Gasteiger partial charge on any atom is -0.0381 e. The smallest absolute Gasteiger partial charge is 0.0381 e. The van der Waals surface area contributed by atoms with E-state index in [0.717, 1.165) is 136 Å². The van der Waals surface area contributed by atoms with Crippen LogP contribution in [-0.4, -0.2) is 0 Å². The van der Waals surface area contributed by atoms with Gasteiger partial charge in [0.05, 0.1) is 0 Å². The first-order valence-electron chi connectivity index (χ1n) is 33.0. The van der Waals surface area contributed by atoms with E-state index in [4.69, 9.17) is 0 Å². The van der Waals surface area contributed by atoms with Gasteiger partial charge in [0.25, 0.3) is 0 Å². The molecule has 0 N–H and O–H groups in total. The van der Waals surface area contributed by atoms with Crippen molar-refractivity contribution in [2.24, 2.45) is 136 Å². The Hall–Kier alpha value is 0. The van der Waals surface area contributed by atoms with E-state index in [-0.39, 0.29) is 0 Å². The standard InChI is InChI=1S/C11H18.C11H20.2C10H18.2C9H16.C8H14/c1-7-10-3-8-2-9(5-10)6-11(7)4-8;1-9-5-6-10-3-2-4-11(9)8-7-10;1-8-9-4-2-5-10(8)7-3-6-9;1-8-2-3-9-4-6-10(8)7-5-9;1-7-6-8-2-4-9(7)5-3-8;1-7-2-3-8-4-5-9(7)6-8;1-6-4-7-2-3-8(6)5-7/h7-11H,2-6H2,1H3;9-11H,2-8H2,1H3;2*8-10H,2-7H2,1H3;2*7-9H,2-6H2,1H3;6-8H,2-5H2,1H3. The quantitative estimate of drug-likeness (QED) is 0.227. The Morgan fingerprint density at radius 2 is 0.456 bits per heavy atom. The van der Waals surface area contributed by atoms with Crippen LogP contribution in [0.5, 0.6) is 0 Å². The minimum absolute atomic E-state index is 1.04. The second-order valence-corrected chi connectivity index (χ2v) is 30.2. The van der Waals surface area contributed by atoms with Gasteiger partial charge in [-0.1, -0.05) is 190 Å². The SMILES string of the molecule is CC1C2CC3CC(C2)CC1C3.CC1C2CCCC1CCC2.CC1CC2CCC1C2.CC1CC2CCC1CC2.CC1CCC2CCC1C2.CC1CCC2CCC1CC2.CC1CCC2CCCC1CC2. The van der Waals surface area contributed by atoms with E-state index < -0.39 is 0 Å². The molecular weight excluding hydrogens is 817 g/mol. The summed E-state index contributed by atoms with van der Waals surface area (Å²) in [7, 11) is 0. The summed E-state index contributed by atoms with van der Waals surface area (Å²) in [6.07, 6.45) is 58.9. The Bertz CT molecular complexity index is 1360. The molecule has 0 heterocycles. The zero-order valence-electron chi connectivity index (χ0n) is 47.1. The molecule has 18 aliphatic rings. The Morgan fingerprint density at radius 1 is 0.162 bits per heavy atom. The van der Waals surface area contributed by atoms with Crippen molar-refractivity contribution >= 4 is 0 Å². The molecule has 0 heteroatoms. The molecule has 392 valence electrons. The van der Waals surface area contributed by atoms with Crippen molar-refractivity contribution in [1.82, 2.24) is 0 Å². The van der Waals surface area contributed by atoms with Gasteiger partial charge in [-0.2, -0.15) is 0 Å². The maximum atomic E-state index is 2.51. The van der Waals surface area contributed by atoms with Gasteiger partial charge in [0.1, 0.15) is 0 Å². The van der Waals surface area contributed by atoms with Gasteiger partial charge in [-0.15, -0.1) is 0 Å². The molecular formula is C68H120. The summed E-state index contributed by atoms with van der Waals surface area (Å²) in [6, 6.07) is 0. The summed E-state index contributed by atoms with van der Waals surface area (Å²) in [5, 5.41) is 0. The van der Waals surface area contributed by atoms with Crippen LogP contribution in [0.3, 0.4) is 0 Å². The van der Waals surface area contributed by atoms with Crippen molar-refractivity contribution in [2.45, 2.75) is 292 Å². The topological polar surface area (TPSA) is 0 Å². The largest absolute Gasteiger partial charge is 0.0622 e. The van der Waals surface area contributed by atoms with Crippen LogP contribution in [0, 0.1) is 136 Å². The third kappa shape index (κ3) is 14.2. The normalized spacial score (nSPS) is 50.2. The van der Waals surface area contributed by atoms with E-state index in [2.05, 4.69) is 48.5 Å². The van der Waals surface area contributed by atoms with Crippen molar-refractivity contribution in [3.8, 4) is 0 Å². The highest BCUT2D eigenvalue weighted by molar-refractivity contribution is 4.96. The van der Waals surface area contributed by atoms with Crippen molar-refractivity contribution in [1.29, 1.82) is 0 Å². The Kier molecular flexibility index (Phi) is 19.8. The summed E-state index contributed by atoms with van der Waals surface area (Å²) in [6.45, 7) is 17.2. The van der Waals surface area contributed by atoms with Crippen molar-refractivity contribution < 1.29 is 0 Å². The van der Waals surface area contributed by atoms with Crippen molar-refractivity contribution in [3.05, 3.63) is 0 Å². The first-order chi connectivity index (χ1) is 33.0. The molecule has 0 aromatic carbocycles. The summed E-state index contributed by atoms with van der Waals surface area (Å²) in [5.41, 5.74) is 0. The summed E-state index contributed by atoms with van der Waals surface area (Å²) < 4.78 is 0. The highest BCUT2D eigenvalue weighted by Crippen LogP contribution is 2.56. The molecule has 18 rings (SSSR count). The molecule has 18 saturated carbocycles. The lowest BCUT2D eigenvalue weighted by Gasteiger charge is -2.53. The molecule has 0 aromatic rings. The second kappa shape index (κ2) is 25.5. The zero-order chi connectivity index (χ0) is 47.1. The average Bonchev–Trinajstić information content (AvgIpc) is 3.89. The van der Waals surface area contributed by atoms with Gasteiger partial charge in [0, 0.05) is 0 Å². The van der Waals surface area contributed by atoms with Gasteiger partial charge >= 0.3 is 0 Å². The van der Waals surface area contributed by atoms with Crippen molar-refractivity contribution in [3.63, 3.8) is 0 Å². The van der Waals surface area contributed by atoms with Crippen LogP contribution >= 0.6 is 0 Å². The van der Waals surface area contributed by atoms with Crippen LogP contribution < -0.4 is 0 Å². The highest BCUT2D eigenvalue weighted by atomic mass is 14.5. The Labute approximate surface area is 426 Å². The second-order valence-electron chi connectivity index (χ2n) is 30.2. The van der Waals surface area contributed by atoms with E-state index in [0.29, 0.717) is 0 Å². The van der Waals surface area contributed by atoms with Crippen LogP contribution in [0.4, 0.5) is 0 Å². The van der Waals surface area contributed by atoms with Crippen LogP contribution in [0.25, 0.3) is 0 Å². The van der Waals surface area contributed by atoms with E-state index in [9.17, 15) is 0 Å². The first kappa shape index (κ1) is 52.8. The number of hydrogen-bond donors (Lipinski definition) is 0. The van der Waals surface area contributed by atoms with Gasteiger partial charge in [-0.25, -0.2) is 0 Å². The Morgan fingerprint density at radius 3 is 0.882 bits per heavy atom. The van der Waals surface area contributed by atoms with E-state index in [1.165, 1.54) is 89.9 Å². The minimum Gasteiger partial charge on any atom is -0.0622 e. The fourth-order valence-corrected chi connectivity index (χ4v) is 20.9. The fraction of sp³-hybridized carbons (Fsp3) is 1.00. The molecule has 11 unspecified atom stereocenters. The fourth-order valence-electron chi connectivity index (χ4n) is 20.9. The minimum atomic E-state index is 1.04. The number of hydrogen-bond acceptors (Lipinski definition) is 0. The van der Waals surface area contributed by atoms with Gasteiger partial charge in [0.15, 0.2) is 0 Å². The molecule has 0 aromatic heterocycles. The summed E-state index contributed by atoms with van der Waals surface area (Å²) in [5.74, 6) is 25.6. The van der Waals surface area contributed by atoms with Crippen LogP contribution in [0.1, 0.15) is 292 Å². The monoisotopic (exact) mass is 937 g/mol. The van der Waals surface area contributed by atoms with Crippen LogP contribution in [0.2, 0.25) is 0 Å².